The third-order valence-electron chi connectivity index (χ3n) is 1.56. The number of hydrogen-bond donors (Lipinski definition) is 2. The second-order valence-corrected chi connectivity index (χ2v) is 2.68. The minimum absolute atomic E-state index is 0.571. The molecule has 4 nitrogen and oxygen atoms in total. The van der Waals surface area contributed by atoms with Crippen LogP contribution < -0.4 is 10.9 Å². The van der Waals surface area contributed by atoms with E-state index < -0.39 is 0 Å². The van der Waals surface area contributed by atoms with E-state index in [0.717, 1.165) is 18.2 Å². The first-order valence-corrected chi connectivity index (χ1v) is 4.44. The number of rotatable bonds is 5. The van der Waals surface area contributed by atoms with Gasteiger partial charge in [0, 0.05) is 18.4 Å². The first kappa shape index (κ1) is 9.92. The molecule has 0 saturated heterocycles. The van der Waals surface area contributed by atoms with Crippen molar-refractivity contribution in [3.8, 4) is 0 Å². The topological polar surface area (TPSA) is 42.5 Å². The van der Waals surface area contributed by atoms with Crippen molar-refractivity contribution in [3.63, 3.8) is 0 Å². The van der Waals surface area contributed by atoms with Gasteiger partial charge in [-0.15, -0.1) is 0 Å². The smallest absolute Gasteiger partial charge is 0.205 e. The van der Waals surface area contributed by atoms with Gasteiger partial charge in [-0.3, -0.25) is 5.43 Å². The van der Waals surface area contributed by atoms with Gasteiger partial charge in [0.1, 0.15) is 6.61 Å². The van der Waals surface area contributed by atoms with Crippen LogP contribution in [0.15, 0.2) is 23.7 Å². The Morgan fingerprint density at radius 3 is 2.69 bits per heavy atom. The SMILES string of the molecule is CCOCCOC1=CC=C(C)NN1. The van der Waals surface area contributed by atoms with E-state index in [9.17, 15) is 0 Å². The van der Waals surface area contributed by atoms with Crippen LogP contribution in [0.5, 0.6) is 0 Å². The van der Waals surface area contributed by atoms with E-state index in [1.54, 1.807) is 0 Å². The minimum Gasteiger partial charge on any atom is -0.476 e. The molecule has 0 unspecified atom stereocenters. The van der Waals surface area contributed by atoms with Gasteiger partial charge in [0.15, 0.2) is 0 Å². The fraction of sp³-hybridized carbons (Fsp3) is 0.556. The second-order valence-electron chi connectivity index (χ2n) is 2.68. The molecule has 0 aromatic carbocycles. The molecule has 0 aliphatic carbocycles. The van der Waals surface area contributed by atoms with Crippen LogP contribution in [-0.4, -0.2) is 19.8 Å². The average Bonchev–Trinajstić information content (AvgIpc) is 2.15. The van der Waals surface area contributed by atoms with E-state index in [1.807, 2.05) is 26.0 Å². The Hall–Kier alpha value is -1.16. The summed E-state index contributed by atoms with van der Waals surface area (Å²) in [6.45, 7) is 5.86. The van der Waals surface area contributed by atoms with Gasteiger partial charge in [0.2, 0.25) is 5.88 Å². The van der Waals surface area contributed by atoms with Crippen molar-refractivity contribution in [2.75, 3.05) is 19.8 Å². The number of nitrogens with one attached hydrogen (secondary N) is 2. The lowest BCUT2D eigenvalue weighted by Gasteiger charge is -2.17. The minimum atomic E-state index is 0.571. The predicted octanol–water partition coefficient (Wildman–Crippen LogP) is 0.892. The van der Waals surface area contributed by atoms with E-state index in [2.05, 4.69) is 10.9 Å². The number of allylic oxidation sites excluding steroid dienone is 3. The van der Waals surface area contributed by atoms with E-state index >= 15 is 0 Å². The van der Waals surface area contributed by atoms with Gasteiger partial charge in [-0.05, 0) is 19.9 Å². The van der Waals surface area contributed by atoms with Crippen LogP contribution in [0.4, 0.5) is 0 Å². The van der Waals surface area contributed by atoms with Crippen molar-refractivity contribution >= 4 is 0 Å². The summed E-state index contributed by atoms with van der Waals surface area (Å²) in [7, 11) is 0. The van der Waals surface area contributed by atoms with Gasteiger partial charge in [0.25, 0.3) is 0 Å². The molecule has 0 bridgehead atoms. The molecule has 1 aliphatic heterocycles. The largest absolute Gasteiger partial charge is 0.476 e. The summed E-state index contributed by atoms with van der Waals surface area (Å²) in [5.41, 5.74) is 6.93. The maximum atomic E-state index is 5.35. The molecule has 2 N–H and O–H groups in total. The first-order chi connectivity index (χ1) is 6.33. The van der Waals surface area contributed by atoms with Gasteiger partial charge in [0.05, 0.1) is 6.61 Å². The summed E-state index contributed by atoms with van der Waals surface area (Å²) < 4.78 is 10.5. The normalized spacial score (nSPS) is 15.2. The summed E-state index contributed by atoms with van der Waals surface area (Å²) in [4.78, 5) is 0. The standard InChI is InChI=1S/C9H16N2O2/c1-3-12-6-7-13-9-5-4-8(2)10-11-9/h4-5,10-11H,3,6-7H2,1-2H3. The lowest BCUT2D eigenvalue weighted by Crippen LogP contribution is -2.33. The molecule has 0 amide bonds. The van der Waals surface area contributed by atoms with Gasteiger partial charge in [-0.2, -0.15) is 0 Å². The Morgan fingerprint density at radius 2 is 2.08 bits per heavy atom. The number of ether oxygens (including phenoxy) is 2. The van der Waals surface area contributed by atoms with Crippen molar-refractivity contribution in [1.29, 1.82) is 0 Å². The molecule has 0 saturated carbocycles. The lowest BCUT2D eigenvalue weighted by molar-refractivity contribution is 0.0752. The molecule has 0 fully saturated rings. The highest BCUT2D eigenvalue weighted by molar-refractivity contribution is 5.15. The molecule has 0 aromatic heterocycles. The van der Waals surface area contributed by atoms with Crippen molar-refractivity contribution < 1.29 is 9.47 Å². The Kier molecular flexibility index (Phi) is 4.18. The molecule has 0 aromatic rings. The molecule has 1 heterocycles. The van der Waals surface area contributed by atoms with Gasteiger partial charge < -0.3 is 14.9 Å². The molecule has 0 atom stereocenters. The Labute approximate surface area is 78.6 Å². The van der Waals surface area contributed by atoms with E-state index in [-0.39, 0.29) is 0 Å². The molecular weight excluding hydrogens is 168 g/mol. The van der Waals surface area contributed by atoms with E-state index in [0.29, 0.717) is 13.2 Å². The Bertz CT molecular complexity index is 212. The lowest BCUT2D eigenvalue weighted by atomic mass is 10.4. The third kappa shape index (κ3) is 3.85. The molecule has 0 radical (unpaired) electrons. The number of hydrazine groups is 1. The van der Waals surface area contributed by atoms with Gasteiger partial charge in [-0.25, -0.2) is 0 Å². The summed E-state index contributed by atoms with van der Waals surface area (Å²) in [6, 6.07) is 0. The zero-order chi connectivity index (χ0) is 9.52. The fourth-order valence-electron chi connectivity index (χ4n) is 0.883. The summed E-state index contributed by atoms with van der Waals surface area (Å²) in [5, 5.41) is 0. The van der Waals surface area contributed by atoms with Crippen LogP contribution in [0.25, 0.3) is 0 Å². The van der Waals surface area contributed by atoms with E-state index in [1.165, 1.54) is 0 Å². The molecule has 0 spiro atoms. The predicted molar refractivity (Wildman–Crippen MR) is 50.6 cm³/mol. The van der Waals surface area contributed by atoms with Crippen LogP contribution in [0.3, 0.4) is 0 Å². The van der Waals surface area contributed by atoms with Crippen molar-refractivity contribution in [2.45, 2.75) is 13.8 Å². The first-order valence-electron chi connectivity index (χ1n) is 4.44. The maximum Gasteiger partial charge on any atom is 0.205 e. The molecule has 13 heavy (non-hydrogen) atoms. The quantitative estimate of drug-likeness (QED) is 0.623. The Morgan fingerprint density at radius 1 is 1.23 bits per heavy atom. The Balaban J connectivity index is 2.15. The number of hydrogen-bond acceptors (Lipinski definition) is 4. The maximum absolute atomic E-state index is 5.35. The van der Waals surface area contributed by atoms with Crippen LogP contribution in [0.1, 0.15) is 13.8 Å². The molecule has 1 rings (SSSR count). The summed E-state index contributed by atoms with van der Waals surface area (Å²) >= 11 is 0. The van der Waals surface area contributed by atoms with Crippen LogP contribution in [-0.2, 0) is 9.47 Å². The zero-order valence-electron chi connectivity index (χ0n) is 8.09. The highest BCUT2D eigenvalue weighted by Crippen LogP contribution is 1.99. The highest BCUT2D eigenvalue weighted by Gasteiger charge is 2.00. The monoisotopic (exact) mass is 184 g/mol. The van der Waals surface area contributed by atoms with Gasteiger partial charge in [-0.1, -0.05) is 0 Å². The third-order valence-corrected chi connectivity index (χ3v) is 1.56. The van der Waals surface area contributed by atoms with Crippen LogP contribution in [0, 0.1) is 0 Å². The van der Waals surface area contributed by atoms with E-state index in [4.69, 9.17) is 9.47 Å². The fourth-order valence-corrected chi connectivity index (χ4v) is 0.883. The zero-order valence-corrected chi connectivity index (χ0v) is 8.09. The van der Waals surface area contributed by atoms with Crippen molar-refractivity contribution in [1.82, 2.24) is 10.9 Å². The summed E-state index contributed by atoms with van der Waals surface area (Å²) in [5.74, 6) is 0.727. The molecule has 1 aliphatic rings. The second kappa shape index (κ2) is 5.48. The van der Waals surface area contributed by atoms with Crippen molar-refractivity contribution in [2.24, 2.45) is 0 Å². The van der Waals surface area contributed by atoms with Crippen molar-refractivity contribution in [3.05, 3.63) is 23.7 Å². The van der Waals surface area contributed by atoms with Crippen LogP contribution in [0.2, 0.25) is 0 Å². The van der Waals surface area contributed by atoms with Gasteiger partial charge >= 0.3 is 0 Å². The summed E-state index contributed by atoms with van der Waals surface area (Å²) in [6.07, 6.45) is 3.84. The average molecular weight is 184 g/mol. The molecular formula is C9H16N2O2. The highest BCUT2D eigenvalue weighted by atomic mass is 16.5. The van der Waals surface area contributed by atoms with Crippen LogP contribution >= 0.6 is 0 Å². The molecule has 4 heteroatoms. The molecule has 74 valence electrons.